The largest absolute Gasteiger partial charge is 0.327 e. The van der Waals surface area contributed by atoms with Crippen LogP contribution in [0.1, 0.15) is 11.1 Å². The molecular weight excluding hydrogens is 396 g/mol. The van der Waals surface area contributed by atoms with Gasteiger partial charge in [-0.15, -0.1) is 0 Å². The minimum Gasteiger partial charge on any atom is -0.305 e. The molecule has 3 rings (SSSR count). The molecule has 6 heteroatoms. The summed E-state index contributed by atoms with van der Waals surface area (Å²) < 4.78 is 0.945. The van der Waals surface area contributed by atoms with Crippen molar-refractivity contribution in [3.8, 4) is 0 Å². The summed E-state index contributed by atoms with van der Waals surface area (Å²) in [5, 5.41) is 3.48. The van der Waals surface area contributed by atoms with Gasteiger partial charge in [0.15, 0.2) is 0 Å². The van der Waals surface area contributed by atoms with E-state index >= 15 is 0 Å². The number of urea groups is 1. The number of nitrogens with one attached hydrogen (secondary N) is 1. The van der Waals surface area contributed by atoms with Gasteiger partial charge in [0, 0.05) is 9.50 Å². The van der Waals surface area contributed by atoms with Gasteiger partial charge < -0.3 is 5.32 Å². The lowest BCUT2D eigenvalue weighted by molar-refractivity contribution is 0.228. The molecule has 0 saturated carbocycles. The molecular formula is C17H12BrClN2OS. The van der Waals surface area contributed by atoms with Gasteiger partial charge in [-0.1, -0.05) is 70.1 Å². The predicted molar refractivity (Wildman–Crippen MR) is 100 cm³/mol. The molecule has 1 saturated heterocycles. The molecule has 2 amide bonds. The van der Waals surface area contributed by atoms with Gasteiger partial charge in [0.05, 0.1) is 12.2 Å². The zero-order chi connectivity index (χ0) is 16.4. The van der Waals surface area contributed by atoms with Crippen molar-refractivity contribution < 1.29 is 4.79 Å². The van der Waals surface area contributed by atoms with Crippen LogP contribution in [0.4, 0.5) is 4.79 Å². The molecule has 0 atom stereocenters. The highest BCUT2D eigenvalue weighted by Gasteiger charge is 2.30. The summed E-state index contributed by atoms with van der Waals surface area (Å²) in [5.41, 5.74) is 2.55. The monoisotopic (exact) mass is 406 g/mol. The minimum absolute atomic E-state index is 0.219. The standard InChI is InChI=1S/C17H12BrClN2OS/c18-14-4-2-1-3-12(14)9-15-16(23)21(17(22)20-15)10-11-5-7-13(19)8-6-11/h1-9H,10H2,(H,20,22)/b15-9+. The Labute approximate surface area is 153 Å². The maximum Gasteiger partial charge on any atom is 0.327 e. The predicted octanol–water partition coefficient (Wildman–Crippen LogP) is 5.00. The average Bonchev–Trinajstić information content (AvgIpc) is 2.79. The molecule has 0 aromatic heterocycles. The highest BCUT2D eigenvalue weighted by Crippen LogP contribution is 2.23. The fraction of sp³-hybridized carbons (Fsp3) is 0.0588. The van der Waals surface area contributed by atoms with Gasteiger partial charge in [-0.2, -0.15) is 0 Å². The van der Waals surface area contributed by atoms with E-state index in [4.69, 9.17) is 23.8 Å². The topological polar surface area (TPSA) is 32.3 Å². The minimum atomic E-state index is -0.219. The van der Waals surface area contributed by atoms with Crippen LogP contribution in [0.5, 0.6) is 0 Å². The van der Waals surface area contributed by atoms with E-state index in [9.17, 15) is 4.79 Å². The number of hydrogen-bond acceptors (Lipinski definition) is 2. The number of nitrogens with zero attached hydrogens (tertiary/aromatic N) is 1. The fourth-order valence-electron chi connectivity index (χ4n) is 2.24. The molecule has 0 bridgehead atoms. The second kappa shape index (κ2) is 6.83. The molecule has 1 aliphatic heterocycles. The first-order chi connectivity index (χ1) is 11.0. The smallest absolute Gasteiger partial charge is 0.305 e. The number of benzene rings is 2. The van der Waals surface area contributed by atoms with E-state index < -0.39 is 0 Å². The lowest BCUT2D eigenvalue weighted by Gasteiger charge is -2.14. The van der Waals surface area contributed by atoms with Crippen molar-refractivity contribution in [2.75, 3.05) is 0 Å². The number of carbonyl (C=O) groups is 1. The zero-order valence-electron chi connectivity index (χ0n) is 11.9. The van der Waals surface area contributed by atoms with Gasteiger partial charge in [-0.25, -0.2) is 4.79 Å². The first kappa shape index (κ1) is 16.2. The molecule has 2 aromatic rings. The van der Waals surface area contributed by atoms with Gasteiger partial charge in [0.25, 0.3) is 0 Å². The summed E-state index contributed by atoms with van der Waals surface area (Å²) in [5.74, 6) is 0. The summed E-state index contributed by atoms with van der Waals surface area (Å²) in [6, 6.07) is 14.9. The van der Waals surface area contributed by atoms with Crippen molar-refractivity contribution in [2.24, 2.45) is 0 Å². The zero-order valence-corrected chi connectivity index (χ0v) is 15.1. The number of hydrogen-bond donors (Lipinski definition) is 1. The molecule has 23 heavy (non-hydrogen) atoms. The lowest BCUT2D eigenvalue weighted by atomic mass is 10.2. The van der Waals surface area contributed by atoms with Crippen LogP contribution in [0.25, 0.3) is 6.08 Å². The SMILES string of the molecule is O=C1N/C(=C/c2ccccc2Br)C(=S)N1Cc1ccc(Cl)cc1. The molecule has 0 aliphatic carbocycles. The van der Waals surface area contributed by atoms with Gasteiger partial charge in [-0.05, 0) is 35.4 Å². The van der Waals surface area contributed by atoms with Crippen molar-refractivity contribution in [3.63, 3.8) is 0 Å². The first-order valence-corrected chi connectivity index (χ1v) is 8.46. The molecule has 3 nitrogen and oxygen atoms in total. The number of carbonyl (C=O) groups excluding carboxylic acids is 1. The van der Waals surface area contributed by atoms with Crippen LogP contribution >= 0.6 is 39.7 Å². The fourth-order valence-corrected chi connectivity index (χ4v) is 3.02. The molecule has 1 aliphatic rings. The van der Waals surface area contributed by atoms with Crippen LogP contribution in [-0.2, 0) is 6.54 Å². The second-order valence-corrected chi connectivity index (χ2v) is 6.70. The van der Waals surface area contributed by atoms with Crippen molar-refractivity contribution in [1.29, 1.82) is 0 Å². The summed E-state index contributed by atoms with van der Waals surface area (Å²) in [6.45, 7) is 0.412. The molecule has 116 valence electrons. The Kier molecular flexibility index (Phi) is 4.80. The molecule has 2 aromatic carbocycles. The number of amides is 2. The van der Waals surface area contributed by atoms with Gasteiger partial charge in [0.1, 0.15) is 4.99 Å². The molecule has 1 N–H and O–H groups in total. The van der Waals surface area contributed by atoms with E-state index in [1.165, 1.54) is 0 Å². The van der Waals surface area contributed by atoms with Gasteiger partial charge in [-0.3, -0.25) is 4.90 Å². The van der Waals surface area contributed by atoms with Crippen LogP contribution in [-0.4, -0.2) is 15.9 Å². The third-order valence-corrected chi connectivity index (χ3v) is 4.84. The van der Waals surface area contributed by atoms with Crippen LogP contribution < -0.4 is 5.32 Å². The molecule has 0 spiro atoms. The Hall–Kier alpha value is -1.69. The van der Waals surface area contributed by atoms with E-state index in [0.29, 0.717) is 22.3 Å². The van der Waals surface area contributed by atoms with Crippen molar-refractivity contribution in [3.05, 3.63) is 74.9 Å². The first-order valence-electron chi connectivity index (χ1n) is 6.88. The normalized spacial score (nSPS) is 16.1. The summed E-state index contributed by atoms with van der Waals surface area (Å²) in [4.78, 5) is 14.2. The van der Waals surface area contributed by atoms with Crippen LogP contribution in [0.15, 0.2) is 58.7 Å². The van der Waals surface area contributed by atoms with E-state index in [0.717, 1.165) is 15.6 Å². The second-order valence-electron chi connectivity index (χ2n) is 5.03. The van der Waals surface area contributed by atoms with Crippen LogP contribution in [0.2, 0.25) is 5.02 Å². The van der Waals surface area contributed by atoms with Crippen LogP contribution in [0, 0.1) is 0 Å². The summed E-state index contributed by atoms with van der Waals surface area (Å²) in [7, 11) is 0. The summed E-state index contributed by atoms with van der Waals surface area (Å²) >= 11 is 14.8. The number of halogens is 2. The Morgan fingerprint density at radius 1 is 1.17 bits per heavy atom. The number of rotatable bonds is 3. The third-order valence-electron chi connectivity index (χ3n) is 3.42. The van der Waals surface area contributed by atoms with Crippen LogP contribution in [0.3, 0.4) is 0 Å². The third kappa shape index (κ3) is 3.63. The van der Waals surface area contributed by atoms with Gasteiger partial charge >= 0.3 is 6.03 Å². The van der Waals surface area contributed by atoms with Crippen molar-refractivity contribution in [2.45, 2.75) is 6.54 Å². The van der Waals surface area contributed by atoms with E-state index in [-0.39, 0.29) is 6.03 Å². The highest BCUT2D eigenvalue weighted by molar-refractivity contribution is 9.10. The highest BCUT2D eigenvalue weighted by atomic mass is 79.9. The van der Waals surface area contributed by atoms with Crippen molar-refractivity contribution in [1.82, 2.24) is 10.2 Å². The molecule has 0 radical (unpaired) electrons. The number of thiocarbonyl (C=S) groups is 1. The van der Waals surface area contributed by atoms with E-state index in [1.54, 1.807) is 17.0 Å². The Balaban J connectivity index is 1.82. The van der Waals surface area contributed by atoms with Gasteiger partial charge in [0.2, 0.25) is 0 Å². The summed E-state index contributed by atoms with van der Waals surface area (Å²) in [6.07, 6.45) is 1.87. The molecule has 0 unspecified atom stereocenters. The average molecular weight is 408 g/mol. The van der Waals surface area contributed by atoms with E-state index in [2.05, 4.69) is 21.2 Å². The van der Waals surface area contributed by atoms with E-state index in [1.807, 2.05) is 42.5 Å². The maximum absolute atomic E-state index is 12.2. The molecule has 1 heterocycles. The lowest BCUT2D eigenvalue weighted by Crippen LogP contribution is -2.29. The maximum atomic E-state index is 12.2. The Morgan fingerprint density at radius 3 is 2.57 bits per heavy atom. The Bertz CT molecular complexity index is 804. The Morgan fingerprint density at radius 2 is 1.87 bits per heavy atom. The van der Waals surface area contributed by atoms with Crippen molar-refractivity contribution >= 4 is 56.8 Å². The quantitative estimate of drug-likeness (QED) is 0.574. The molecule has 1 fully saturated rings.